The Morgan fingerprint density at radius 1 is 1.14 bits per heavy atom. The van der Waals surface area contributed by atoms with Gasteiger partial charge in [0.25, 0.3) is 0 Å². The predicted molar refractivity (Wildman–Crippen MR) is 133 cm³/mol. The van der Waals surface area contributed by atoms with Gasteiger partial charge < -0.3 is 15.1 Å². The highest BCUT2D eigenvalue weighted by Gasteiger charge is 2.60. The van der Waals surface area contributed by atoms with Gasteiger partial charge >= 0.3 is 0 Å². The monoisotopic (exact) mass is 492 g/mol. The van der Waals surface area contributed by atoms with Crippen LogP contribution in [0.1, 0.15) is 44.3 Å². The van der Waals surface area contributed by atoms with E-state index in [1.165, 1.54) is 4.90 Å². The fourth-order valence-corrected chi connectivity index (χ4v) is 6.74. The zero-order valence-corrected chi connectivity index (χ0v) is 20.5. The van der Waals surface area contributed by atoms with Crippen LogP contribution in [0, 0.1) is 17.7 Å². The number of hydrogen-bond acceptors (Lipinski definition) is 5. The summed E-state index contributed by atoms with van der Waals surface area (Å²) in [6.45, 7) is 4.08. The van der Waals surface area contributed by atoms with Gasteiger partial charge in [-0.2, -0.15) is 0 Å². The molecule has 2 N–H and O–H groups in total. The maximum Gasteiger partial charge on any atom is 0.244 e. The van der Waals surface area contributed by atoms with Gasteiger partial charge in [0.1, 0.15) is 17.5 Å². The van der Waals surface area contributed by atoms with E-state index in [1.807, 2.05) is 28.0 Å². The van der Waals surface area contributed by atoms with Crippen LogP contribution in [-0.4, -0.2) is 52.2 Å². The molecule has 2 saturated heterocycles. The summed E-state index contributed by atoms with van der Waals surface area (Å²) in [6.07, 6.45) is 3.15. The lowest BCUT2D eigenvalue weighted by Gasteiger charge is -2.42. The number of thioether (sulfide) groups is 1. The molecule has 2 unspecified atom stereocenters. The summed E-state index contributed by atoms with van der Waals surface area (Å²) in [4.78, 5) is 30.5. The molecule has 1 spiro atoms. The number of anilines is 1. The van der Waals surface area contributed by atoms with E-state index in [4.69, 9.17) is 0 Å². The number of amides is 2. The summed E-state index contributed by atoms with van der Waals surface area (Å²) in [5, 5.41) is 7.21. The van der Waals surface area contributed by atoms with Crippen molar-refractivity contribution >= 4 is 29.3 Å². The van der Waals surface area contributed by atoms with Gasteiger partial charge in [-0.3, -0.25) is 14.9 Å². The lowest BCUT2D eigenvalue weighted by Crippen LogP contribution is -2.55. The van der Waals surface area contributed by atoms with Gasteiger partial charge in [0.05, 0.1) is 5.37 Å². The van der Waals surface area contributed by atoms with Crippen LogP contribution in [0.2, 0.25) is 0 Å². The molecule has 2 atom stereocenters. The number of likely N-dealkylation sites (tertiary alicyclic amines) is 1. The molecule has 2 aromatic rings. The molecule has 0 radical (unpaired) electrons. The first-order chi connectivity index (χ1) is 16.9. The molecule has 8 heteroatoms. The minimum absolute atomic E-state index is 0.0789. The van der Waals surface area contributed by atoms with Crippen LogP contribution in [0.25, 0.3) is 11.1 Å². The maximum atomic E-state index is 15.5. The second kappa shape index (κ2) is 7.71. The Morgan fingerprint density at radius 2 is 1.89 bits per heavy atom. The predicted octanol–water partition coefficient (Wildman–Crippen LogP) is 4.19. The number of rotatable bonds is 5. The highest BCUT2D eigenvalue weighted by Crippen LogP contribution is 2.47. The van der Waals surface area contributed by atoms with Gasteiger partial charge in [-0.1, -0.05) is 30.0 Å². The molecule has 182 valence electrons. The number of nitrogens with zero attached hydrogens (tertiary/aromatic N) is 2. The molecule has 6 nitrogen and oxygen atoms in total. The van der Waals surface area contributed by atoms with E-state index < -0.39 is 11.7 Å². The van der Waals surface area contributed by atoms with Gasteiger partial charge in [0, 0.05) is 47.6 Å². The Hall–Kier alpha value is -2.58. The van der Waals surface area contributed by atoms with Gasteiger partial charge in [-0.25, -0.2) is 4.39 Å². The van der Waals surface area contributed by atoms with Gasteiger partial charge in [0.15, 0.2) is 0 Å². The number of halogens is 1. The minimum atomic E-state index is -0.524. The molecule has 2 amide bonds. The zero-order chi connectivity index (χ0) is 23.9. The van der Waals surface area contributed by atoms with Gasteiger partial charge in [-0.05, 0) is 61.9 Å². The number of fused-ring (bicyclic) bond motifs is 1. The Balaban J connectivity index is 1.11. The van der Waals surface area contributed by atoms with Crippen LogP contribution < -0.4 is 10.6 Å². The standard InChI is InChI=1S/C27H29FN4O2S/c1-15-29-22-7-5-19(11-23(22)35-15)18-4-6-20(21(28)10-18)24-30-27(8-9-27)26(34)32(24)14-16-12-31(13-16)25(33)17-2-3-17/h4-7,10-11,15-17,24,29-30H,2-3,8-9,12-14H2,1H3. The molecular weight excluding hydrogens is 463 g/mol. The maximum absolute atomic E-state index is 15.5. The fourth-order valence-electron chi connectivity index (χ4n) is 5.73. The molecule has 3 aliphatic heterocycles. The second-order valence-corrected chi connectivity index (χ2v) is 12.2. The van der Waals surface area contributed by atoms with E-state index in [9.17, 15) is 9.59 Å². The lowest BCUT2D eigenvalue weighted by atomic mass is 9.97. The van der Waals surface area contributed by atoms with Crippen LogP contribution in [0.4, 0.5) is 10.1 Å². The Morgan fingerprint density at radius 3 is 2.60 bits per heavy atom. The number of carbonyl (C=O) groups is 2. The van der Waals surface area contributed by atoms with Crippen molar-refractivity contribution in [2.75, 3.05) is 25.0 Å². The van der Waals surface area contributed by atoms with E-state index in [0.717, 1.165) is 42.5 Å². The number of carbonyl (C=O) groups excluding carboxylic acids is 2. The number of hydrogen-bond donors (Lipinski definition) is 2. The summed E-state index contributed by atoms with van der Waals surface area (Å²) in [5.41, 5.74) is 2.93. The van der Waals surface area contributed by atoms with Gasteiger partial charge in [0.2, 0.25) is 11.8 Å². The third-order valence-electron chi connectivity index (χ3n) is 8.07. The Labute approximate surface area is 208 Å². The van der Waals surface area contributed by atoms with E-state index in [1.54, 1.807) is 17.8 Å². The van der Waals surface area contributed by atoms with Crippen LogP contribution in [0.15, 0.2) is 41.3 Å². The van der Waals surface area contributed by atoms with E-state index in [2.05, 4.69) is 29.7 Å². The minimum Gasteiger partial charge on any atom is -0.372 e. The van der Waals surface area contributed by atoms with Crippen molar-refractivity contribution in [2.24, 2.45) is 11.8 Å². The summed E-state index contributed by atoms with van der Waals surface area (Å²) in [7, 11) is 0. The average Bonchev–Trinajstić information content (AvgIpc) is 3.72. The van der Waals surface area contributed by atoms with Crippen molar-refractivity contribution in [3.8, 4) is 11.1 Å². The van der Waals surface area contributed by atoms with Crippen LogP contribution >= 0.6 is 11.8 Å². The summed E-state index contributed by atoms with van der Waals surface area (Å²) < 4.78 is 15.5. The van der Waals surface area contributed by atoms with Crippen LogP contribution in [-0.2, 0) is 9.59 Å². The number of nitrogens with one attached hydrogen (secondary N) is 2. The quantitative estimate of drug-likeness (QED) is 0.656. The normalized spacial score (nSPS) is 26.6. The van der Waals surface area contributed by atoms with E-state index >= 15 is 4.39 Å². The van der Waals surface area contributed by atoms with Gasteiger partial charge in [-0.15, -0.1) is 0 Å². The molecule has 5 aliphatic rings. The first-order valence-corrected chi connectivity index (χ1v) is 13.5. The van der Waals surface area contributed by atoms with E-state index in [0.29, 0.717) is 30.6 Å². The Kier molecular flexibility index (Phi) is 4.77. The number of benzene rings is 2. The summed E-state index contributed by atoms with van der Waals surface area (Å²) >= 11 is 1.77. The van der Waals surface area contributed by atoms with Crippen molar-refractivity contribution in [1.82, 2.24) is 15.1 Å². The van der Waals surface area contributed by atoms with Crippen molar-refractivity contribution < 1.29 is 14.0 Å². The third-order valence-corrected chi connectivity index (χ3v) is 9.13. The first-order valence-electron chi connectivity index (χ1n) is 12.6. The molecule has 2 aliphatic carbocycles. The van der Waals surface area contributed by atoms with Crippen molar-refractivity contribution in [1.29, 1.82) is 0 Å². The smallest absolute Gasteiger partial charge is 0.244 e. The molecule has 0 aromatic heterocycles. The van der Waals surface area contributed by atoms with Crippen molar-refractivity contribution in [3.05, 3.63) is 47.8 Å². The topological polar surface area (TPSA) is 64.7 Å². The van der Waals surface area contributed by atoms with Crippen LogP contribution in [0.5, 0.6) is 0 Å². The largest absolute Gasteiger partial charge is 0.372 e. The molecule has 0 bridgehead atoms. The molecule has 35 heavy (non-hydrogen) atoms. The zero-order valence-electron chi connectivity index (χ0n) is 19.7. The summed E-state index contributed by atoms with van der Waals surface area (Å²) in [5.74, 6) is 0.524. The first kappa shape index (κ1) is 21.7. The molecule has 2 aromatic carbocycles. The molecule has 7 rings (SSSR count). The third kappa shape index (κ3) is 3.64. The highest BCUT2D eigenvalue weighted by molar-refractivity contribution is 8.00. The Bertz CT molecular complexity index is 1240. The second-order valence-electron chi connectivity index (χ2n) is 10.8. The molecule has 2 saturated carbocycles. The van der Waals surface area contributed by atoms with Crippen LogP contribution in [0.3, 0.4) is 0 Å². The highest BCUT2D eigenvalue weighted by atomic mass is 32.2. The molecule has 4 fully saturated rings. The lowest BCUT2D eigenvalue weighted by molar-refractivity contribution is -0.140. The summed E-state index contributed by atoms with van der Waals surface area (Å²) in [6, 6.07) is 11.6. The van der Waals surface area contributed by atoms with Crippen molar-refractivity contribution in [2.45, 2.75) is 54.6 Å². The SMILES string of the molecule is CC1Nc2ccc(-c3ccc(C4NC5(CC5)C(=O)N4CC4CN(C(=O)C5CC5)C4)c(F)c3)cc2S1. The van der Waals surface area contributed by atoms with E-state index in [-0.39, 0.29) is 29.5 Å². The molecular formula is C27H29FN4O2S. The fraction of sp³-hybridized carbons (Fsp3) is 0.481. The van der Waals surface area contributed by atoms with Crippen molar-refractivity contribution in [3.63, 3.8) is 0 Å². The molecule has 3 heterocycles. The average molecular weight is 493 g/mol.